The first-order valence-electron chi connectivity index (χ1n) is 6.70. The lowest BCUT2D eigenvalue weighted by molar-refractivity contribution is 0.223. The minimum atomic E-state index is 0.164. The summed E-state index contributed by atoms with van der Waals surface area (Å²) in [7, 11) is 0. The van der Waals surface area contributed by atoms with E-state index in [1.165, 1.54) is 5.56 Å². The number of ether oxygens (including phenoxy) is 1. The van der Waals surface area contributed by atoms with Crippen molar-refractivity contribution in [3.63, 3.8) is 0 Å². The van der Waals surface area contributed by atoms with E-state index in [2.05, 4.69) is 32.2 Å². The number of benzene rings is 1. The highest BCUT2D eigenvalue weighted by Gasteiger charge is 2.21. The fourth-order valence-electron chi connectivity index (χ4n) is 2.13. The molecule has 3 heteroatoms. The van der Waals surface area contributed by atoms with Crippen LogP contribution in [-0.4, -0.2) is 19.2 Å². The summed E-state index contributed by atoms with van der Waals surface area (Å²) in [5, 5.41) is 4.01. The molecule has 1 unspecified atom stereocenters. The summed E-state index contributed by atoms with van der Waals surface area (Å²) in [6.07, 6.45) is 2.40. The summed E-state index contributed by atoms with van der Waals surface area (Å²) in [4.78, 5) is 0. The lowest BCUT2D eigenvalue weighted by atomic mass is 9.82. The van der Waals surface area contributed by atoms with Crippen LogP contribution < -0.4 is 10.1 Å². The van der Waals surface area contributed by atoms with E-state index in [4.69, 9.17) is 16.3 Å². The number of halogens is 1. The topological polar surface area (TPSA) is 21.3 Å². The first kappa shape index (κ1) is 13.7. The molecule has 18 heavy (non-hydrogen) atoms. The number of hydrogen-bond acceptors (Lipinski definition) is 2. The van der Waals surface area contributed by atoms with Crippen LogP contribution in [0.25, 0.3) is 0 Å². The smallest absolute Gasteiger partial charge is 0.138 e. The molecule has 2 rings (SSSR count). The summed E-state index contributed by atoms with van der Waals surface area (Å²) < 4.78 is 5.91. The van der Waals surface area contributed by atoms with Gasteiger partial charge in [0.2, 0.25) is 0 Å². The fourth-order valence-corrected chi connectivity index (χ4v) is 2.35. The predicted octanol–water partition coefficient (Wildman–Crippen LogP) is 3.77. The van der Waals surface area contributed by atoms with Gasteiger partial charge in [-0.3, -0.25) is 0 Å². The maximum absolute atomic E-state index is 6.33. The van der Waals surface area contributed by atoms with Crippen molar-refractivity contribution in [3.8, 4) is 5.75 Å². The SMILES string of the molecule is CCC(C)(C)c1ccc(OC2CCNC2)c(Cl)c1. The molecule has 0 radical (unpaired) electrons. The Morgan fingerprint density at radius 2 is 2.22 bits per heavy atom. The zero-order valence-corrected chi connectivity index (χ0v) is 12.2. The van der Waals surface area contributed by atoms with Gasteiger partial charge in [-0.2, -0.15) is 0 Å². The van der Waals surface area contributed by atoms with Crippen molar-refractivity contribution in [3.05, 3.63) is 28.8 Å². The van der Waals surface area contributed by atoms with Crippen molar-refractivity contribution < 1.29 is 4.74 Å². The van der Waals surface area contributed by atoms with Crippen molar-refractivity contribution in [1.82, 2.24) is 5.32 Å². The third kappa shape index (κ3) is 2.99. The van der Waals surface area contributed by atoms with E-state index in [9.17, 15) is 0 Å². The van der Waals surface area contributed by atoms with Crippen LogP contribution in [0.15, 0.2) is 18.2 Å². The molecule has 0 aliphatic carbocycles. The molecule has 1 heterocycles. The number of hydrogen-bond donors (Lipinski definition) is 1. The van der Waals surface area contributed by atoms with Crippen molar-refractivity contribution in [1.29, 1.82) is 0 Å². The van der Waals surface area contributed by atoms with Crippen LogP contribution in [0.2, 0.25) is 5.02 Å². The number of nitrogens with one attached hydrogen (secondary N) is 1. The molecule has 1 aliphatic heterocycles. The molecule has 1 fully saturated rings. The van der Waals surface area contributed by atoms with Crippen molar-refractivity contribution >= 4 is 11.6 Å². The Bertz CT molecular complexity index is 411. The highest BCUT2D eigenvalue weighted by atomic mass is 35.5. The van der Waals surface area contributed by atoms with E-state index in [1.807, 2.05) is 12.1 Å². The Morgan fingerprint density at radius 3 is 2.78 bits per heavy atom. The van der Waals surface area contributed by atoms with Crippen molar-refractivity contribution in [2.45, 2.75) is 45.1 Å². The average Bonchev–Trinajstić information content (AvgIpc) is 2.84. The monoisotopic (exact) mass is 267 g/mol. The molecule has 1 aromatic rings. The van der Waals surface area contributed by atoms with E-state index in [-0.39, 0.29) is 11.5 Å². The molecule has 0 spiro atoms. The fraction of sp³-hybridized carbons (Fsp3) is 0.600. The van der Waals surface area contributed by atoms with Gasteiger partial charge in [-0.1, -0.05) is 38.4 Å². The Kier molecular flexibility index (Phi) is 4.18. The Morgan fingerprint density at radius 1 is 1.44 bits per heavy atom. The Hall–Kier alpha value is -0.730. The van der Waals surface area contributed by atoms with Crippen LogP contribution in [0.5, 0.6) is 5.75 Å². The van der Waals surface area contributed by atoms with Gasteiger partial charge in [-0.25, -0.2) is 0 Å². The normalized spacial score (nSPS) is 20.1. The third-order valence-electron chi connectivity index (χ3n) is 3.91. The standard InChI is InChI=1S/C15H22ClNO/c1-4-15(2,3)11-5-6-14(13(16)9-11)18-12-7-8-17-10-12/h5-6,9,12,17H,4,7-8,10H2,1-3H3. The quantitative estimate of drug-likeness (QED) is 0.897. The van der Waals surface area contributed by atoms with Gasteiger partial charge in [0.25, 0.3) is 0 Å². The van der Waals surface area contributed by atoms with Gasteiger partial charge < -0.3 is 10.1 Å². The lowest BCUT2D eigenvalue weighted by Crippen LogP contribution is -2.20. The molecule has 0 bridgehead atoms. The minimum absolute atomic E-state index is 0.164. The van der Waals surface area contributed by atoms with Gasteiger partial charge in [-0.15, -0.1) is 0 Å². The van der Waals surface area contributed by atoms with Gasteiger partial charge in [0.05, 0.1) is 5.02 Å². The zero-order chi connectivity index (χ0) is 13.2. The van der Waals surface area contributed by atoms with Gasteiger partial charge in [0.15, 0.2) is 0 Å². The van der Waals surface area contributed by atoms with Gasteiger partial charge in [0, 0.05) is 6.54 Å². The van der Waals surface area contributed by atoms with Crippen LogP contribution in [0.3, 0.4) is 0 Å². The highest BCUT2D eigenvalue weighted by molar-refractivity contribution is 6.32. The van der Waals surface area contributed by atoms with E-state index in [0.29, 0.717) is 0 Å². The molecule has 1 aliphatic rings. The predicted molar refractivity (Wildman–Crippen MR) is 76.7 cm³/mol. The minimum Gasteiger partial charge on any atom is -0.487 e. The molecular weight excluding hydrogens is 246 g/mol. The first-order valence-corrected chi connectivity index (χ1v) is 7.08. The second-order valence-electron chi connectivity index (χ2n) is 5.62. The Balaban J connectivity index is 2.14. The highest BCUT2D eigenvalue weighted by Crippen LogP contribution is 2.33. The molecule has 1 N–H and O–H groups in total. The lowest BCUT2D eigenvalue weighted by Gasteiger charge is -2.24. The third-order valence-corrected chi connectivity index (χ3v) is 4.20. The van der Waals surface area contributed by atoms with Crippen LogP contribution >= 0.6 is 11.6 Å². The van der Waals surface area contributed by atoms with Gasteiger partial charge >= 0.3 is 0 Å². The van der Waals surface area contributed by atoms with E-state index in [0.717, 1.165) is 36.7 Å². The second kappa shape index (κ2) is 5.50. The van der Waals surface area contributed by atoms with E-state index < -0.39 is 0 Å². The molecule has 0 saturated carbocycles. The molecular formula is C15H22ClNO. The Labute approximate surface area is 115 Å². The maximum atomic E-state index is 6.33. The zero-order valence-electron chi connectivity index (χ0n) is 11.4. The molecule has 2 nitrogen and oxygen atoms in total. The largest absolute Gasteiger partial charge is 0.487 e. The summed E-state index contributed by atoms with van der Waals surface area (Å²) in [6.45, 7) is 8.62. The summed E-state index contributed by atoms with van der Waals surface area (Å²) in [5.41, 5.74) is 1.43. The first-order chi connectivity index (χ1) is 8.53. The molecule has 0 aromatic heterocycles. The summed E-state index contributed by atoms with van der Waals surface area (Å²) in [6, 6.07) is 6.18. The molecule has 1 saturated heterocycles. The van der Waals surface area contributed by atoms with Crippen LogP contribution in [0, 0.1) is 0 Å². The summed E-state index contributed by atoms with van der Waals surface area (Å²) >= 11 is 6.33. The van der Waals surface area contributed by atoms with Crippen molar-refractivity contribution in [2.75, 3.05) is 13.1 Å². The number of rotatable bonds is 4. The van der Waals surface area contributed by atoms with Gasteiger partial charge in [-0.05, 0) is 42.5 Å². The van der Waals surface area contributed by atoms with Crippen LogP contribution in [0.4, 0.5) is 0 Å². The van der Waals surface area contributed by atoms with E-state index >= 15 is 0 Å². The van der Waals surface area contributed by atoms with Crippen LogP contribution in [-0.2, 0) is 5.41 Å². The van der Waals surface area contributed by atoms with Crippen molar-refractivity contribution in [2.24, 2.45) is 0 Å². The van der Waals surface area contributed by atoms with Gasteiger partial charge in [0.1, 0.15) is 11.9 Å². The maximum Gasteiger partial charge on any atom is 0.138 e. The molecule has 0 amide bonds. The summed E-state index contributed by atoms with van der Waals surface area (Å²) in [5.74, 6) is 0.806. The average molecular weight is 268 g/mol. The molecule has 1 atom stereocenters. The molecule has 1 aromatic carbocycles. The molecule has 100 valence electrons. The van der Waals surface area contributed by atoms with Crippen LogP contribution in [0.1, 0.15) is 39.2 Å². The van der Waals surface area contributed by atoms with E-state index in [1.54, 1.807) is 0 Å². The second-order valence-corrected chi connectivity index (χ2v) is 6.02.